The van der Waals surface area contributed by atoms with E-state index < -0.39 is 10.8 Å². The zero-order valence-corrected chi connectivity index (χ0v) is 18.1. The van der Waals surface area contributed by atoms with Gasteiger partial charge in [0.25, 0.3) is 11.6 Å². The van der Waals surface area contributed by atoms with Gasteiger partial charge >= 0.3 is 0 Å². The lowest BCUT2D eigenvalue weighted by atomic mass is 9.73. The normalized spacial score (nSPS) is 20.5. The molecule has 2 aliphatic rings. The third-order valence-corrected chi connectivity index (χ3v) is 5.84. The summed E-state index contributed by atoms with van der Waals surface area (Å²) in [6, 6.07) is 11.4. The number of aryl methyl sites for hydroxylation is 1. The van der Waals surface area contributed by atoms with Gasteiger partial charge in [-0.1, -0.05) is 25.1 Å². The van der Waals surface area contributed by atoms with Gasteiger partial charge in [0.05, 0.1) is 4.92 Å². The van der Waals surface area contributed by atoms with Crippen molar-refractivity contribution in [3.05, 3.63) is 86.4 Å². The Labute approximate surface area is 185 Å². The molecule has 1 amide bonds. The summed E-state index contributed by atoms with van der Waals surface area (Å²) in [6.45, 7) is 5.67. The van der Waals surface area contributed by atoms with E-state index in [2.05, 4.69) is 15.6 Å². The molecule has 2 aromatic rings. The number of pyridine rings is 1. The molecule has 8 heteroatoms. The molecule has 0 bridgehead atoms. The summed E-state index contributed by atoms with van der Waals surface area (Å²) in [7, 11) is 0. The van der Waals surface area contributed by atoms with Crippen molar-refractivity contribution in [2.45, 2.75) is 39.5 Å². The molecule has 32 heavy (non-hydrogen) atoms. The molecule has 2 heterocycles. The third kappa shape index (κ3) is 4.03. The molecular weight excluding hydrogens is 408 g/mol. The van der Waals surface area contributed by atoms with Gasteiger partial charge in [0, 0.05) is 52.7 Å². The van der Waals surface area contributed by atoms with E-state index in [9.17, 15) is 19.7 Å². The smallest absolute Gasteiger partial charge is 0.269 e. The number of non-ortho nitro benzene ring substituents is 1. The van der Waals surface area contributed by atoms with E-state index in [1.165, 1.54) is 12.1 Å². The highest BCUT2D eigenvalue weighted by molar-refractivity contribution is 6.09. The van der Waals surface area contributed by atoms with Gasteiger partial charge in [-0.3, -0.25) is 19.7 Å². The van der Waals surface area contributed by atoms with Gasteiger partial charge in [-0.25, -0.2) is 4.98 Å². The van der Waals surface area contributed by atoms with Gasteiger partial charge in [-0.15, -0.1) is 0 Å². The maximum atomic E-state index is 13.4. The number of hydrogen-bond donors (Lipinski definition) is 2. The quantitative estimate of drug-likeness (QED) is 0.554. The zero-order chi connectivity index (χ0) is 23.0. The fourth-order valence-corrected chi connectivity index (χ4v) is 4.45. The maximum absolute atomic E-state index is 13.4. The number of nitro groups is 1. The Balaban J connectivity index is 1.79. The number of benzene rings is 1. The molecule has 0 spiro atoms. The number of anilines is 1. The predicted octanol–water partition coefficient (Wildman–Crippen LogP) is 4.15. The van der Waals surface area contributed by atoms with E-state index >= 15 is 0 Å². The molecule has 0 saturated carbocycles. The number of ketones is 1. The molecule has 0 saturated heterocycles. The first-order valence-electron chi connectivity index (χ1n) is 10.5. The highest BCUT2D eigenvalue weighted by Gasteiger charge is 2.40. The van der Waals surface area contributed by atoms with Crippen molar-refractivity contribution in [2.24, 2.45) is 5.92 Å². The zero-order valence-electron chi connectivity index (χ0n) is 18.1. The van der Waals surface area contributed by atoms with E-state index in [1.807, 2.05) is 26.8 Å². The topological polar surface area (TPSA) is 114 Å². The standard InChI is InChI=1S/C24H24N4O4/c1-13-11-18-23(19(29)12-13)22(16-7-9-17(10-8-16)28(31)32)21(15(3)26-18)24(30)27-20-6-4-5-14(2)25-20/h4-10,13,22,26H,11-12H2,1-3H3,(H,25,27,30). The summed E-state index contributed by atoms with van der Waals surface area (Å²) in [5.74, 6) is -0.376. The van der Waals surface area contributed by atoms with Crippen molar-refractivity contribution in [1.29, 1.82) is 0 Å². The Morgan fingerprint density at radius 1 is 1.16 bits per heavy atom. The van der Waals surface area contributed by atoms with Gasteiger partial charge in [0.2, 0.25) is 0 Å². The minimum absolute atomic E-state index is 0.0129. The molecule has 0 radical (unpaired) electrons. The SMILES string of the molecule is CC1=C(C(=O)Nc2cccc(C)n2)C(c2ccc([N+](=O)[O-])cc2)C2=C(CC(C)CC2=O)N1. The van der Waals surface area contributed by atoms with Crippen LogP contribution in [0.15, 0.2) is 65.0 Å². The number of nitrogens with one attached hydrogen (secondary N) is 2. The second-order valence-electron chi connectivity index (χ2n) is 8.39. The van der Waals surface area contributed by atoms with Gasteiger partial charge in [-0.2, -0.15) is 0 Å². The monoisotopic (exact) mass is 432 g/mol. The van der Waals surface area contributed by atoms with Gasteiger partial charge in [-0.05, 0) is 43.9 Å². The summed E-state index contributed by atoms with van der Waals surface area (Å²) < 4.78 is 0. The van der Waals surface area contributed by atoms with Crippen LogP contribution in [0.1, 0.15) is 43.9 Å². The number of carbonyl (C=O) groups excluding carboxylic acids is 2. The Morgan fingerprint density at radius 3 is 2.53 bits per heavy atom. The van der Waals surface area contributed by atoms with Crippen molar-refractivity contribution < 1.29 is 14.5 Å². The summed E-state index contributed by atoms with van der Waals surface area (Å²) in [5.41, 5.74) is 3.82. The molecule has 8 nitrogen and oxygen atoms in total. The summed E-state index contributed by atoms with van der Waals surface area (Å²) in [4.78, 5) is 41.5. The number of aromatic nitrogens is 1. The average Bonchev–Trinajstić information content (AvgIpc) is 2.72. The molecule has 1 aromatic heterocycles. The first-order valence-corrected chi connectivity index (χ1v) is 10.5. The highest BCUT2D eigenvalue weighted by atomic mass is 16.6. The molecule has 1 aliphatic carbocycles. The van der Waals surface area contributed by atoms with Crippen LogP contribution in [0.2, 0.25) is 0 Å². The lowest BCUT2D eigenvalue weighted by Crippen LogP contribution is -2.37. The van der Waals surface area contributed by atoms with E-state index in [0.717, 1.165) is 11.4 Å². The minimum Gasteiger partial charge on any atom is -0.362 e. The van der Waals surface area contributed by atoms with Crippen LogP contribution in [0, 0.1) is 23.0 Å². The molecule has 1 aromatic carbocycles. The largest absolute Gasteiger partial charge is 0.362 e. The number of nitrogens with zero attached hydrogens (tertiary/aromatic N) is 2. The Kier molecular flexibility index (Phi) is 5.61. The highest BCUT2D eigenvalue weighted by Crippen LogP contribution is 2.43. The van der Waals surface area contributed by atoms with Crippen molar-refractivity contribution in [2.75, 3.05) is 5.32 Å². The molecule has 0 fully saturated rings. The number of hydrogen-bond acceptors (Lipinski definition) is 6. The lowest BCUT2D eigenvalue weighted by Gasteiger charge is -2.36. The molecule has 2 N–H and O–H groups in total. The summed E-state index contributed by atoms with van der Waals surface area (Å²) in [5, 5.41) is 17.2. The molecule has 4 rings (SSSR count). The molecule has 164 valence electrons. The van der Waals surface area contributed by atoms with Crippen molar-refractivity contribution in [3.8, 4) is 0 Å². The number of rotatable bonds is 4. The number of dihydropyridines is 1. The van der Waals surface area contributed by atoms with Crippen molar-refractivity contribution in [3.63, 3.8) is 0 Å². The van der Waals surface area contributed by atoms with Crippen LogP contribution in [0.25, 0.3) is 0 Å². The molecular formula is C24H24N4O4. The van der Waals surface area contributed by atoms with E-state index in [1.54, 1.807) is 24.3 Å². The number of carbonyl (C=O) groups is 2. The van der Waals surface area contributed by atoms with Crippen molar-refractivity contribution >= 4 is 23.2 Å². The van der Waals surface area contributed by atoms with Crippen LogP contribution in [0.4, 0.5) is 11.5 Å². The lowest BCUT2D eigenvalue weighted by molar-refractivity contribution is -0.384. The Morgan fingerprint density at radius 2 is 1.88 bits per heavy atom. The Hall–Kier alpha value is -3.81. The molecule has 1 aliphatic heterocycles. The van der Waals surface area contributed by atoms with E-state index in [-0.39, 0.29) is 23.3 Å². The van der Waals surface area contributed by atoms with E-state index in [4.69, 9.17) is 0 Å². The number of Topliss-reactive ketones (excluding diaryl/α,β-unsaturated/α-hetero) is 1. The maximum Gasteiger partial charge on any atom is 0.269 e. The number of amides is 1. The molecule has 2 unspecified atom stereocenters. The van der Waals surface area contributed by atoms with Gasteiger partial charge in [0.1, 0.15) is 5.82 Å². The van der Waals surface area contributed by atoms with Gasteiger partial charge < -0.3 is 10.6 Å². The average molecular weight is 432 g/mol. The van der Waals surface area contributed by atoms with Crippen LogP contribution >= 0.6 is 0 Å². The first kappa shape index (κ1) is 21.4. The number of allylic oxidation sites excluding steroid dienone is 3. The Bertz CT molecular complexity index is 1180. The van der Waals surface area contributed by atoms with Crippen LogP contribution in [0.5, 0.6) is 0 Å². The number of nitro benzene ring substituents is 1. The van der Waals surface area contributed by atoms with Crippen LogP contribution in [-0.2, 0) is 9.59 Å². The van der Waals surface area contributed by atoms with Crippen LogP contribution in [-0.4, -0.2) is 21.6 Å². The third-order valence-electron chi connectivity index (χ3n) is 5.84. The fraction of sp³-hybridized carbons (Fsp3) is 0.292. The van der Waals surface area contributed by atoms with Crippen molar-refractivity contribution in [1.82, 2.24) is 10.3 Å². The van der Waals surface area contributed by atoms with Crippen LogP contribution in [0.3, 0.4) is 0 Å². The van der Waals surface area contributed by atoms with E-state index in [0.29, 0.717) is 41.1 Å². The predicted molar refractivity (Wildman–Crippen MR) is 120 cm³/mol. The first-order chi connectivity index (χ1) is 15.2. The summed E-state index contributed by atoms with van der Waals surface area (Å²) >= 11 is 0. The fourth-order valence-electron chi connectivity index (χ4n) is 4.45. The minimum atomic E-state index is -0.614. The second-order valence-corrected chi connectivity index (χ2v) is 8.39. The second kappa shape index (κ2) is 8.37. The van der Waals surface area contributed by atoms with Gasteiger partial charge in [0.15, 0.2) is 5.78 Å². The molecule has 2 atom stereocenters. The van der Waals surface area contributed by atoms with Crippen LogP contribution < -0.4 is 10.6 Å². The summed E-state index contributed by atoms with van der Waals surface area (Å²) in [6.07, 6.45) is 1.10.